The van der Waals surface area contributed by atoms with Crippen LogP contribution in [0.5, 0.6) is 0 Å². The lowest BCUT2D eigenvalue weighted by Gasteiger charge is -2.20. The molecular formula is C26H23FN8. The van der Waals surface area contributed by atoms with Gasteiger partial charge in [-0.2, -0.15) is 5.10 Å². The molecule has 4 aromatic rings. The van der Waals surface area contributed by atoms with E-state index in [-0.39, 0.29) is 17.9 Å². The molecule has 2 aliphatic rings. The number of pyridine rings is 2. The molecule has 6 rings (SSSR count). The van der Waals surface area contributed by atoms with Crippen LogP contribution in [0.1, 0.15) is 16.8 Å². The smallest absolute Gasteiger partial charge is 0.151 e. The summed E-state index contributed by atoms with van der Waals surface area (Å²) in [6.07, 6.45) is 10.1. The Morgan fingerprint density at radius 3 is 2.69 bits per heavy atom. The summed E-state index contributed by atoms with van der Waals surface area (Å²) in [6.45, 7) is 0.821. The Balaban J connectivity index is 1.36. The van der Waals surface area contributed by atoms with Crippen molar-refractivity contribution >= 4 is 28.5 Å². The minimum atomic E-state index is -0.389. The van der Waals surface area contributed by atoms with E-state index < -0.39 is 0 Å². The van der Waals surface area contributed by atoms with Gasteiger partial charge in [-0.1, -0.05) is 6.07 Å². The van der Waals surface area contributed by atoms with Gasteiger partial charge in [-0.15, -0.1) is 0 Å². The number of halogens is 1. The van der Waals surface area contributed by atoms with Crippen molar-refractivity contribution < 1.29 is 4.39 Å². The molecule has 0 bridgehead atoms. The van der Waals surface area contributed by atoms with Crippen molar-refractivity contribution in [3.8, 4) is 11.1 Å². The maximum absolute atomic E-state index is 13.8. The number of hydrogen-bond donors (Lipinski definition) is 2. The quantitative estimate of drug-likeness (QED) is 0.470. The highest BCUT2D eigenvalue weighted by Gasteiger charge is 2.34. The van der Waals surface area contributed by atoms with Crippen molar-refractivity contribution in [3.63, 3.8) is 0 Å². The summed E-state index contributed by atoms with van der Waals surface area (Å²) in [7, 11) is 4.08. The fourth-order valence-corrected chi connectivity index (χ4v) is 4.58. The van der Waals surface area contributed by atoms with E-state index in [1.807, 2.05) is 38.8 Å². The standard InChI is InChI=1S/C26H23FN8/c1-35(2)14-15-5-17(9-28-8-15)16-3-4-22-20(7-16)25(34-33-22)26-31-23-13-30-12-21(24(23)32-26)18-6-19(27)11-29-10-18/h3-13,23-24H,14H2,1-2H3,(H,31,32)(H,33,34). The van der Waals surface area contributed by atoms with Crippen molar-refractivity contribution in [1.82, 2.24) is 30.4 Å². The molecule has 2 unspecified atom stereocenters. The highest BCUT2D eigenvalue weighted by Crippen LogP contribution is 2.31. The summed E-state index contributed by atoms with van der Waals surface area (Å²) >= 11 is 0. The fourth-order valence-electron chi connectivity index (χ4n) is 4.58. The van der Waals surface area contributed by atoms with Crippen LogP contribution in [0.3, 0.4) is 0 Å². The SMILES string of the molecule is CN(C)Cc1cncc(-c2ccc3[nH]nc(C4=NC5C(c6cncc(F)c6)=CN=CC5N4)c3c2)c1. The molecule has 0 aliphatic carbocycles. The molecule has 3 aromatic heterocycles. The summed E-state index contributed by atoms with van der Waals surface area (Å²) in [6, 6.07) is 9.43. The highest BCUT2D eigenvalue weighted by atomic mass is 19.1. The molecule has 174 valence electrons. The number of nitrogens with one attached hydrogen (secondary N) is 2. The number of rotatable bonds is 5. The topological polar surface area (TPSA) is 94.5 Å². The first-order valence-electron chi connectivity index (χ1n) is 11.3. The Hall–Kier alpha value is -4.24. The van der Waals surface area contributed by atoms with Gasteiger partial charge in [0.1, 0.15) is 17.6 Å². The molecule has 2 atom stereocenters. The zero-order valence-electron chi connectivity index (χ0n) is 19.3. The van der Waals surface area contributed by atoms with E-state index in [4.69, 9.17) is 4.99 Å². The normalized spacial score (nSPS) is 19.0. The lowest BCUT2D eigenvalue weighted by Crippen LogP contribution is -2.38. The Kier molecular flexibility index (Phi) is 5.18. The maximum atomic E-state index is 13.8. The van der Waals surface area contributed by atoms with E-state index in [2.05, 4.69) is 53.6 Å². The first kappa shape index (κ1) is 21.3. The lowest BCUT2D eigenvalue weighted by molar-refractivity contribution is 0.402. The monoisotopic (exact) mass is 466 g/mol. The van der Waals surface area contributed by atoms with Gasteiger partial charge in [-0.25, -0.2) is 4.39 Å². The number of nitrogens with zero attached hydrogens (tertiary/aromatic N) is 6. The Morgan fingerprint density at radius 2 is 1.83 bits per heavy atom. The summed E-state index contributed by atoms with van der Waals surface area (Å²) in [5.74, 6) is 0.283. The highest BCUT2D eigenvalue weighted by molar-refractivity contribution is 6.11. The van der Waals surface area contributed by atoms with Crippen molar-refractivity contribution in [2.45, 2.75) is 18.6 Å². The van der Waals surface area contributed by atoms with E-state index in [0.717, 1.165) is 45.4 Å². The van der Waals surface area contributed by atoms with Crippen LogP contribution in [0.4, 0.5) is 4.39 Å². The zero-order chi connectivity index (χ0) is 23.9. The molecule has 2 aliphatic heterocycles. The molecule has 0 saturated carbocycles. The third kappa shape index (κ3) is 4.00. The molecule has 0 radical (unpaired) electrons. The minimum Gasteiger partial charge on any atom is -0.358 e. The molecular weight excluding hydrogens is 443 g/mol. The number of benzene rings is 1. The van der Waals surface area contributed by atoms with E-state index in [0.29, 0.717) is 11.4 Å². The number of fused-ring (bicyclic) bond motifs is 2. The minimum absolute atomic E-state index is 0.143. The van der Waals surface area contributed by atoms with Gasteiger partial charge >= 0.3 is 0 Å². The first-order valence-corrected chi connectivity index (χ1v) is 11.3. The molecule has 35 heavy (non-hydrogen) atoms. The molecule has 8 nitrogen and oxygen atoms in total. The van der Waals surface area contributed by atoms with Crippen LogP contribution in [-0.4, -0.2) is 63.3 Å². The van der Waals surface area contributed by atoms with E-state index in [1.165, 1.54) is 12.3 Å². The van der Waals surface area contributed by atoms with Crippen LogP contribution in [0.25, 0.3) is 27.6 Å². The molecule has 5 heterocycles. The van der Waals surface area contributed by atoms with Gasteiger partial charge in [0.15, 0.2) is 5.84 Å². The molecule has 2 N–H and O–H groups in total. The van der Waals surface area contributed by atoms with Gasteiger partial charge < -0.3 is 10.2 Å². The van der Waals surface area contributed by atoms with Gasteiger partial charge in [0.25, 0.3) is 0 Å². The van der Waals surface area contributed by atoms with Gasteiger partial charge in [-0.05, 0) is 49.5 Å². The van der Waals surface area contributed by atoms with Gasteiger partial charge in [0.05, 0.1) is 17.8 Å². The van der Waals surface area contributed by atoms with Crippen LogP contribution in [0.15, 0.2) is 71.3 Å². The van der Waals surface area contributed by atoms with Gasteiger partial charge in [0.2, 0.25) is 0 Å². The van der Waals surface area contributed by atoms with Crippen LogP contribution in [0.2, 0.25) is 0 Å². The van der Waals surface area contributed by atoms with Crippen LogP contribution >= 0.6 is 0 Å². The molecule has 9 heteroatoms. The Morgan fingerprint density at radius 1 is 0.971 bits per heavy atom. The number of aromatic nitrogens is 4. The molecule has 1 aromatic carbocycles. The van der Waals surface area contributed by atoms with Crippen LogP contribution in [-0.2, 0) is 6.54 Å². The number of aromatic amines is 1. The van der Waals surface area contributed by atoms with Crippen molar-refractivity contribution in [1.29, 1.82) is 0 Å². The number of hydrogen-bond acceptors (Lipinski definition) is 7. The third-order valence-electron chi connectivity index (χ3n) is 6.14. The molecule has 0 saturated heterocycles. The second-order valence-electron chi connectivity index (χ2n) is 9.02. The maximum Gasteiger partial charge on any atom is 0.151 e. The number of amidine groups is 1. The fraction of sp³-hybridized carbons (Fsp3) is 0.192. The van der Waals surface area contributed by atoms with Crippen molar-refractivity contribution in [2.24, 2.45) is 9.98 Å². The van der Waals surface area contributed by atoms with E-state index >= 15 is 0 Å². The van der Waals surface area contributed by atoms with Crippen molar-refractivity contribution in [2.75, 3.05) is 14.1 Å². The molecule has 0 amide bonds. The summed E-state index contributed by atoms with van der Waals surface area (Å²) < 4.78 is 13.8. The van der Waals surface area contributed by atoms with E-state index in [9.17, 15) is 4.39 Å². The molecule has 0 fully saturated rings. The van der Waals surface area contributed by atoms with Crippen LogP contribution in [0, 0.1) is 5.82 Å². The molecule has 0 spiro atoms. The van der Waals surface area contributed by atoms with Crippen LogP contribution < -0.4 is 5.32 Å². The largest absolute Gasteiger partial charge is 0.358 e. The average molecular weight is 467 g/mol. The van der Waals surface area contributed by atoms with Gasteiger partial charge in [0, 0.05) is 59.6 Å². The lowest BCUT2D eigenvalue weighted by atomic mass is 9.95. The predicted molar refractivity (Wildman–Crippen MR) is 135 cm³/mol. The second-order valence-corrected chi connectivity index (χ2v) is 9.02. The van der Waals surface area contributed by atoms with E-state index in [1.54, 1.807) is 12.4 Å². The summed E-state index contributed by atoms with van der Waals surface area (Å²) in [5, 5.41) is 12.1. The van der Waals surface area contributed by atoms with Crippen molar-refractivity contribution in [3.05, 3.63) is 84.0 Å². The predicted octanol–water partition coefficient (Wildman–Crippen LogP) is 3.43. The Labute approximate surface area is 201 Å². The second kappa shape index (κ2) is 8.52. The third-order valence-corrected chi connectivity index (χ3v) is 6.14. The average Bonchev–Trinajstić information content (AvgIpc) is 3.47. The summed E-state index contributed by atoms with van der Waals surface area (Å²) in [5.41, 5.74) is 6.38. The Bertz CT molecular complexity index is 1520. The zero-order valence-corrected chi connectivity index (χ0v) is 19.3. The van der Waals surface area contributed by atoms with Gasteiger partial charge in [-0.3, -0.25) is 25.1 Å². The number of aliphatic imine (C=N–C) groups is 2. The summed E-state index contributed by atoms with van der Waals surface area (Å²) in [4.78, 5) is 19.8. The first-order chi connectivity index (χ1) is 17.0. The number of H-pyrrole nitrogens is 1.